The summed E-state index contributed by atoms with van der Waals surface area (Å²) in [7, 11) is 8.77. The second kappa shape index (κ2) is 43.7. The molecule has 732 valence electrons. The highest BCUT2D eigenvalue weighted by atomic mass is 32.1. The quantitative estimate of drug-likeness (QED) is 0.113. The Kier molecular flexibility index (Phi) is 32.8. The van der Waals surface area contributed by atoms with Crippen LogP contribution in [0.15, 0.2) is 142 Å². The molecule has 0 bridgehead atoms. The van der Waals surface area contributed by atoms with Crippen LogP contribution in [0.4, 0.5) is 22.3 Å². The fraction of sp³-hybridized carbons (Fsp3) is 0.554. The van der Waals surface area contributed by atoms with Gasteiger partial charge in [-0.15, -0.1) is 22.7 Å². The molecule has 20 nitrogen and oxygen atoms in total. The van der Waals surface area contributed by atoms with Crippen molar-refractivity contribution in [2.24, 2.45) is 0 Å². The first-order valence-corrected chi connectivity index (χ1v) is 53.8. The molecule has 24 heteroatoms. The number of piperazine rings is 4. The summed E-state index contributed by atoms with van der Waals surface area (Å²) in [5.74, 6) is 2.66. The standard InChI is InChI=1S/C17H24N2S.C17H24N2.C16H23N3O.C16H23N3S.C16H22N2S.C15H21N3O.C15H21N3S/c1-17(2,3)13-5-6-15-14(11-13)18-16(20-15)12-7-9-19(4)10-8-12;1-12(2)14-4-5-17-15(10-14)16(11-18-17)13-6-8-19(3)9-7-13;2*1-16(2,3)12-5-6-14-13(11-12)17-15(20-14)19-9-7-18(4)8-10-19;1-16(2,3)12-4-5-14-13(10-12)18-15(19-14)11-6-8-17-9-7-11;2*1-15(2,3)11-4-5-13-12(10-11)17-14(19-13)18-8-6-16-7-9-18/h5-6,11-12H,7-10H2,1-4H3;4-5,10-13,18H,6-9H2,1-3H3;2*5-6,11H,7-10H2,1-4H3;4-5,10-11,17H,6-9H2,1-3H3;2*4-5,10,16H,6-9H2,1-3H3. The van der Waals surface area contributed by atoms with Gasteiger partial charge in [0, 0.05) is 134 Å². The van der Waals surface area contributed by atoms with Crippen molar-refractivity contribution in [3.63, 3.8) is 0 Å². The van der Waals surface area contributed by atoms with Gasteiger partial charge < -0.3 is 69.0 Å². The maximum absolute atomic E-state index is 5.91. The zero-order valence-corrected chi connectivity index (χ0v) is 89.8. The molecular formula is C112H158N18O2S4. The number of piperidine rings is 3. The average molecular weight is 1920 g/mol. The predicted molar refractivity (Wildman–Crippen MR) is 584 cm³/mol. The molecule has 21 rings (SSSR count). The Labute approximate surface area is 828 Å². The van der Waals surface area contributed by atoms with Crippen LogP contribution in [-0.2, 0) is 32.5 Å². The lowest BCUT2D eigenvalue weighted by Crippen LogP contribution is -2.44. The van der Waals surface area contributed by atoms with E-state index < -0.39 is 0 Å². The van der Waals surface area contributed by atoms with Crippen molar-refractivity contribution in [2.75, 3.05) is 192 Å². The first kappa shape index (κ1) is 102. The minimum atomic E-state index is 0.140. The highest BCUT2D eigenvalue weighted by Crippen LogP contribution is 2.42. The van der Waals surface area contributed by atoms with Gasteiger partial charge in [0.15, 0.2) is 21.4 Å². The number of aromatic nitrogens is 7. The zero-order chi connectivity index (χ0) is 96.8. The van der Waals surface area contributed by atoms with Gasteiger partial charge >= 0.3 is 0 Å². The molecular weight excluding hydrogens is 1760 g/mol. The molecule has 7 aromatic heterocycles. The molecule has 7 saturated heterocycles. The van der Waals surface area contributed by atoms with Crippen molar-refractivity contribution in [1.29, 1.82) is 0 Å². The molecule has 136 heavy (non-hydrogen) atoms. The van der Waals surface area contributed by atoms with Crippen LogP contribution in [0.1, 0.15) is 255 Å². The molecule has 0 spiro atoms. The predicted octanol–water partition coefficient (Wildman–Crippen LogP) is 24.3. The summed E-state index contributed by atoms with van der Waals surface area (Å²) in [4.78, 5) is 51.1. The van der Waals surface area contributed by atoms with Gasteiger partial charge in [-0.05, 0) is 280 Å². The van der Waals surface area contributed by atoms with E-state index >= 15 is 0 Å². The molecule has 4 N–H and O–H groups in total. The maximum Gasteiger partial charge on any atom is 0.298 e. The SMILES string of the molecule is CC(C)(C)c1ccc2oc(N3CCNCC3)nc2c1.CC(C)(C)c1ccc2sc(C3CCNCC3)nc2c1.CC(C)(C)c1ccc2sc(N3CCNCC3)nc2c1.CC(C)c1ccc2[nH]cc(C3CCN(C)CC3)c2c1.CN1CCC(c2nc3cc(C(C)(C)C)ccc3s2)CC1.CN1CCN(c2nc3cc(C(C)(C)C)ccc3o2)CC1.CN1CCN(c2nc3cc(C(C)(C)C)ccc3s2)CC1. The van der Waals surface area contributed by atoms with E-state index in [1.54, 1.807) is 0 Å². The number of nitrogens with one attached hydrogen (secondary N) is 4. The van der Waals surface area contributed by atoms with Gasteiger partial charge in [0.2, 0.25) is 0 Å². The Morgan fingerprint density at radius 3 is 1.01 bits per heavy atom. The lowest BCUT2D eigenvalue weighted by atomic mass is 9.87. The summed E-state index contributed by atoms with van der Waals surface area (Å²) < 4.78 is 17.0. The van der Waals surface area contributed by atoms with Gasteiger partial charge in [0.25, 0.3) is 12.0 Å². The molecule has 14 aromatic rings. The number of likely N-dealkylation sites (tertiary alicyclic amines) is 2. The molecule has 0 atom stereocenters. The largest absolute Gasteiger partial charge is 0.423 e. The Morgan fingerprint density at radius 2 is 0.625 bits per heavy atom. The molecule has 0 aliphatic carbocycles. The van der Waals surface area contributed by atoms with Crippen LogP contribution in [0.25, 0.3) is 74.0 Å². The van der Waals surface area contributed by atoms with E-state index in [-0.39, 0.29) is 32.5 Å². The summed E-state index contributed by atoms with van der Waals surface area (Å²) >= 11 is 7.41. The molecule has 0 unspecified atom stereocenters. The van der Waals surface area contributed by atoms with Gasteiger partial charge in [-0.3, -0.25) is 0 Å². The average Bonchev–Trinajstić information content (AvgIpc) is 1.67. The zero-order valence-electron chi connectivity index (χ0n) is 86.5. The number of benzene rings is 7. The number of oxazole rings is 2. The van der Waals surface area contributed by atoms with E-state index in [0.717, 1.165) is 169 Å². The maximum atomic E-state index is 5.91. The van der Waals surface area contributed by atoms with Crippen LogP contribution in [0.2, 0.25) is 0 Å². The van der Waals surface area contributed by atoms with Crippen LogP contribution in [0, 0.1) is 0 Å². The van der Waals surface area contributed by atoms with E-state index in [0.29, 0.717) is 17.8 Å². The minimum absolute atomic E-state index is 0.140. The van der Waals surface area contributed by atoms with E-state index in [1.807, 2.05) is 57.5 Å². The molecule has 7 aromatic carbocycles. The lowest BCUT2D eigenvalue weighted by Gasteiger charge is -2.32. The van der Waals surface area contributed by atoms with Crippen molar-refractivity contribution in [2.45, 2.75) is 233 Å². The van der Waals surface area contributed by atoms with Gasteiger partial charge in [-0.1, -0.05) is 204 Å². The Hall–Kier alpha value is -8.50. The highest BCUT2D eigenvalue weighted by molar-refractivity contribution is 7.22. The number of thiazole rings is 4. The van der Waals surface area contributed by atoms with E-state index in [9.17, 15) is 0 Å². The molecule has 7 aliphatic rings. The van der Waals surface area contributed by atoms with Crippen LogP contribution in [0.3, 0.4) is 0 Å². The van der Waals surface area contributed by atoms with E-state index in [1.165, 1.54) is 170 Å². The second-order valence-corrected chi connectivity index (χ2v) is 49.8. The Morgan fingerprint density at radius 1 is 0.309 bits per heavy atom. The molecule has 14 heterocycles. The van der Waals surface area contributed by atoms with Crippen molar-refractivity contribution in [3.05, 3.63) is 188 Å². The minimum Gasteiger partial charge on any atom is -0.423 e. The third kappa shape index (κ3) is 26.4. The smallest absolute Gasteiger partial charge is 0.298 e. The summed E-state index contributed by atoms with van der Waals surface area (Å²) in [5.41, 5.74) is 21.7. The van der Waals surface area contributed by atoms with Crippen LogP contribution < -0.4 is 35.6 Å². The van der Waals surface area contributed by atoms with E-state index in [2.05, 4.69) is 358 Å². The molecule has 0 saturated carbocycles. The summed E-state index contributed by atoms with van der Waals surface area (Å²) in [6.45, 7) is 68.7. The number of H-pyrrole nitrogens is 1. The van der Waals surface area contributed by atoms with Crippen LogP contribution in [-0.4, -0.2) is 227 Å². The fourth-order valence-corrected chi connectivity index (χ4v) is 22.7. The Bertz CT molecular complexity index is 5700. The van der Waals surface area contributed by atoms with Gasteiger partial charge in [-0.25, -0.2) is 19.9 Å². The summed E-state index contributed by atoms with van der Waals surface area (Å²) in [6.07, 6.45) is 9.78. The first-order chi connectivity index (χ1) is 64.6. The van der Waals surface area contributed by atoms with Gasteiger partial charge in [0.1, 0.15) is 11.0 Å². The molecule has 0 amide bonds. The van der Waals surface area contributed by atoms with Gasteiger partial charge in [-0.2, -0.15) is 9.97 Å². The van der Waals surface area contributed by atoms with Crippen molar-refractivity contribution >= 4 is 142 Å². The third-order valence-corrected chi connectivity index (χ3v) is 32.7. The molecule has 7 aliphatic heterocycles. The summed E-state index contributed by atoms with van der Waals surface area (Å²) in [6, 6.07) is 48.1. The third-order valence-electron chi connectivity index (χ3n) is 28.2. The first-order valence-electron chi connectivity index (χ1n) is 50.5. The van der Waals surface area contributed by atoms with Crippen molar-refractivity contribution in [3.8, 4) is 0 Å². The van der Waals surface area contributed by atoms with Crippen molar-refractivity contribution < 1.29 is 8.83 Å². The Balaban J connectivity index is 0.000000121. The normalized spacial score (nSPS) is 17.9. The van der Waals surface area contributed by atoms with Crippen LogP contribution in [0.5, 0.6) is 0 Å². The highest BCUT2D eigenvalue weighted by Gasteiger charge is 2.30. The molecule has 7 fully saturated rings. The molecule has 0 radical (unpaired) electrons. The number of hydrogen-bond donors (Lipinski definition) is 4. The number of hydrogen-bond acceptors (Lipinski definition) is 23. The number of aromatic amines is 1. The monoisotopic (exact) mass is 1920 g/mol. The lowest BCUT2D eigenvalue weighted by molar-refractivity contribution is 0.255. The number of fused-ring (bicyclic) bond motifs is 7. The van der Waals surface area contributed by atoms with E-state index in [4.69, 9.17) is 28.8 Å². The summed E-state index contributed by atoms with van der Waals surface area (Å²) in [5, 5.41) is 16.6. The second-order valence-electron chi connectivity index (χ2n) is 45.6. The number of rotatable bonds is 8. The fourth-order valence-electron chi connectivity index (χ4n) is 18.4. The van der Waals surface area contributed by atoms with Crippen molar-refractivity contribution in [1.82, 2.24) is 70.4 Å². The topological polar surface area (TPSA) is 181 Å². The van der Waals surface area contributed by atoms with Gasteiger partial charge in [0.05, 0.1) is 50.9 Å². The number of nitrogens with zero attached hydrogens (tertiary/aromatic N) is 14. The van der Waals surface area contributed by atoms with Crippen LogP contribution >= 0.6 is 45.3 Å². The number of anilines is 4. The number of likely N-dealkylation sites (N-methyl/N-ethyl adjacent to an activating group) is 2.